The second-order valence-electron chi connectivity index (χ2n) is 10.2. The molecule has 0 amide bonds. The van der Waals surface area contributed by atoms with Crippen molar-refractivity contribution in [1.82, 2.24) is 0 Å². The average molecular weight is 357 g/mol. The van der Waals surface area contributed by atoms with Crippen molar-refractivity contribution in [2.45, 2.75) is 77.4 Å². The second kappa shape index (κ2) is 4.84. The molecule has 5 rings (SSSR count). The van der Waals surface area contributed by atoms with Gasteiger partial charge in [0, 0.05) is 11.8 Å². The molecule has 1 saturated heterocycles. The topological polar surface area (TPSA) is 38.8 Å². The Hall–Kier alpha value is -1.09. The Kier molecular flexibility index (Phi) is 3.17. The zero-order valence-electron chi connectivity index (χ0n) is 16.9. The SMILES string of the molecule is COC1=CC2=CC[C@H]3[C@H]4C[C@@]5(C)O[C@@]5(C(C)=O)[C@]4(C)CC[C@@H]3[C@@]2(C)CC1. The Morgan fingerprint density at radius 2 is 2.00 bits per heavy atom. The van der Waals surface area contributed by atoms with Crippen LogP contribution < -0.4 is 0 Å². The highest BCUT2D eigenvalue weighted by Gasteiger charge is 2.85. The van der Waals surface area contributed by atoms with E-state index in [9.17, 15) is 4.79 Å². The van der Waals surface area contributed by atoms with Gasteiger partial charge in [-0.2, -0.15) is 0 Å². The van der Waals surface area contributed by atoms with E-state index in [0.717, 1.165) is 37.4 Å². The van der Waals surface area contributed by atoms with Crippen LogP contribution in [-0.2, 0) is 14.3 Å². The molecule has 0 aromatic carbocycles. The molecule has 0 aromatic heterocycles. The van der Waals surface area contributed by atoms with Crippen LogP contribution in [0.2, 0.25) is 0 Å². The van der Waals surface area contributed by atoms with Crippen LogP contribution >= 0.6 is 0 Å². The van der Waals surface area contributed by atoms with Gasteiger partial charge in [0.1, 0.15) is 5.60 Å². The largest absolute Gasteiger partial charge is 0.501 e. The number of carbonyl (C=O) groups excluding carboxylic acids is 1. The van der Waals surface area contributed by atoms with E-state index in [0.29, 0.717) is 11.8 Å². The number of carbonyl (C=O) groups is 1. The van der Waals surface area contributed by atoms with Crippen molar-refractivity contribution in [3.63, 3.8) is 0 Å². The standard InChI is InChI=1S/C23H32O3/c1-14(24)23-21(3)11-9-18-17(19(21)13-22(23,4)26-23)7-6-15-12-16(25-5)8-10-20(15,18)2/h6,12,17-19H,7-11,13H2,1-5H3/t17-,18+,19-,20+,21-,22-,23+/m1/s1. The van der Waals surface area contributed by atoms with Gasteiger partial charge in [-0.25, -0.2) is 0 Å². The number of epoxide rings is 1. The Balaban J connectivity index is 1.54. The lowest BCUT2D eigenvalue weighted by molar-refractivity contribution is -0.135. The van der Waals surface area contributed by atoms with Crippen LogP contribution in [0, 0.1) is 28.6 Å². The van der Waals surface area contributed by atoms with E-state index in [1.165, 1.54) is 18.4 Å². The number of fused-ring (bicyclic) bond motifs is 7. The van der Waals surface area contributed by atoms with Crippen LogP contribution in [0.5, 0.6) is 0 Å². The fourth-order valence-electron chi connectivity index (χ4n) is 8.08. The first-order valence-electron chi connectivity index (χ1n) is 10.4. The van der Waals surface area contributed by atoms with E-state index in [1.807, 2.05) is 0 Å². The minimum Gasteiger partial charge on any atom is -0.501 e. The number of ether oxygens (including phenoxy) is 2. The van der Waals surface area contributed by atoms with Crippen molar-refractivity contribution in [2.75, 3.05) is 7.11 Å². The predicted octanol–water partition coefficient (Wildman–Crippen LogP) is 4.82. The number of Topliss-reactive ketones (excluding diaryl/α,β-unsaturated/α-hetero) is 1. The van der Waals surface area contributed by atoms with Crippen LogP contribution in [0.1, 0.15) is 66.2 Å². The fourth-order valence-corrected chi connectivity index (χ4v) is 8.08. The summed E-state index contributed by atoms with van der Waals surface area (Å²) in [5.74, 6) is 3.40. The Morgan fingerprint density at radius 3 is 2.69 bits per heavy atom. The van der Waals surface area contributed by atoms with Crippen LogP contribution in [0.4, 0.5) is 0 Å². The molecule has 1 heterocycles. The van der Waals surface area contributed by atoms with Crippen LogP contribution in [0.3, 0.4) is 0 Å². The Bertz CT molecular complexity index is 751. The summed E-state index contributed by atoms with van der Waals surface area (Å²) in [6.45, 7) is 8.78. The molecule has 5 aliphatic rings. The molecular weight excluding hydrogens is 324 g/mol. The lowest BCUT2D eigenvalue weighted by Crippen LogP contribution is -2.53. The maximum Gasteiger partial charge on any atom is 0.165 e. The van der Waals surface area contributed by atoms with Gasteiger partial charge < -0.3 is 9.47 Å². The summed E-state index contributed by atoms with van der Waals surface area (Å²) in [6, 6.07) is 0. The van der Waals surface area contributed by atoms with Gasteiger partial charge in [-0.05, 0) is 80.8 Å². The van der Waals surface area contributed by atoms with Crippen LogP contribution in [0.25, 0.3) is 0 Å². The normalized spacial score (nSPS) is 54.1. The molecule has 0 radical (unpaired) electrons. The summed E-state index contributed by atoms with van der Waals surface area (Å²) < 4.78 is 11.8. The van der Waals surface area contributed by atoms with Crippen molar-refractivity contribution >= 4 is 5.78 Å². The summed E-state index contributed by atoms with van der Waals surface area (Å²) >= 11 is 0. The van der Waals surface area contributed by atoms with Crippen molar-refractivity contribution in [2.24, 2.45) is 28.6 Å². The Morgan fingerprint density at radius 1 is 1.23 bits per heavy atom. The van der Waals surface area contributed by atoms with Crippen molar-refractivity contribution in [1.29, 1.82) is 0 Å². The van der Waals surface area contributed by atoms with E-state index in [1.54, 1.807) is 14.0 Å². The summed E-state index contributed by atoms with van der Waals surface area (Å²) in [7, 11) is 1.79. The summed E-state index contributed by atoms with van der Waals surface area (Å²) in [5.41, 5.74) is 1.06. The number of hydrogen-bond acceptors (Lipinski definition) is 3. The first-order valence-corrected chi connectivity index (χ1v) is 10.4. The fraction of sp³-hybridized carbons (Fsp3) is 0.783. The second-order valence-corrected chi connectivity index (χ2v) is 10.2. The van der Waals surface area contributed by atoms with E-state index < -0.39 is 5.60 Å². The third kappa shape index (κ3) is 1.68. The van der Waals surface area contributed by atoms with Gasteiger partial charge in [-0.15, -0.1) is 0 Å². The van der Waals surface area contributed by atoms with Gasteiger partial charge in [0.15, 0.2) is 11.4 Å². The minimum atomic E-state index is -0.504. The Labute approximate surface area is 157 Å². The molecule has 0 aromatic rings. The first kappa shape index (κ1) is 17.0. The van der Waals surface area contributed by atoms with Gasteiger partial charge in [-0.3, -0.25) is 4.79 Å². The molecular formula is C23H32O3. The number of rotatable bonds is 2. The first-order chi connectivity index (χ1) is 12.2. The maximum atomic E-state index is 12.6. The monoisotopic (exact) mass is 356 g/mol. The molecule has 26 heavy (non-hydrogen) atoms. The predicted molar refractivity (Wildman–Crippen MR) is 100 cm³/mol. The summed E-state index contributed by atoms with van der Waals surface area (Å²) in [6.07, 6.45) is 11.6. The lowest BCUT2D eigenvalue weighted by atomic mass is 9.47. The average Bonchev–Trinajstić information content (AvgIpc) is 3.18. The van der Waals surface area contributed by atoms with Crippen molar-refractivity contribution in [3.05, 3.63) is 23.5 Å². The molecule has 4 aliphatic carbocycles. The van der Waals surface area contributed by atoms with Gasteiger partial charge >= 0.3 is 0 Å². The highest BCUT2D eigenvalue weighted by atomic mass is 16.6. The lowest BCUT2D eigenvalue weighted by Gasteiger charge is -2.57. The molecule has 0 bridgehead atoms. The van der Waals surface area contributed by atoms with Crippen molar-refractivity contribution < 1.29 is 14.3 Å². The molecule has 2 saturated carbocycles. The van der Waals surface area contributed by atoms with Gasteiger partial charge in [-0.1, -0.05) is 19.9 Å². The number of ketones is 1. The van der Waals surface area contributed by atoms with Gasteiger partial charge in [0.2, 0.25) is 0 Å². The van der Waals surface area contributed by atoms with E-state index in [4.69, 9.17) is 9.47 Å². The molecule has 3 heteroatoms. The molecule has 7 atom stereocenters. The molecule has 142 valence electrons. The molecule has 1 aliphatic heterocycles. The smallest absolute Gasteiger partial charge is 0.165 e. The third-order valence-corrected chi connectivity index (χ3v) is 9.37. The van der Waals surface area contributed by atoms with Crippen molar-refractivity contribution in [3.8, 4) is 0 Å². The van der Waals surface area contributed by atoms with E-state index in [-0.39, 0.29) is 22.2 Å². The molecule has 3 fully saturated rings. The zero-order valence-corrected chi connectivity index (χ0v) is 16.9. The highest BCUT2D eigenvalue weighted by molar-refractivity contribution is 5.91. The summed E-state index contributed by atoms with van der Waals surface area (Å²) in [4.78, 5) is 12.6. The molecule has 0 N–H and O–H groups in total. The number of methoxy groups -OCH3 is 1. The van der Waals surface area contributed by atoms with E-state index >= 15 is 0 Å². The van der Waals surface area contributed by atoms with Crippen LogP contribution in [-0.4, -0.2) is 24.1 Å². The number of hydrogen-bond donors (Lipinski definition) is 0. The number of allylic oxidation sites excluding steroid dienone is 4. The van der Waals surface area contributed by atoms with Crippen LogP contribution in [0.15, 0.2) is 23.5 Å². The molecule has 3 nitrogen and oxygen atoms in total. The zero-order chi connectivity index (χ0) is 18.5. The van der Waals surface area contributed by atoms with Gasteiger partial charge in [0.25, 0.3) is 0 Å². The quantitative estimate of drug-likeness (QED) is 0.666. The van der Waals surface area contributed by atoms with Gasteiger partial charge in [0.05, 0.1) is 12.9 Å². The molecule has 0 spiro atoms. The highest BCUT2D eigenvalue weighted by Crippen LogP contribution is 2.77. The maximum absolute atomic E-state index is 12.6. The summed E-state index contributed by atoms with van der Waals surface area (Å²) in [5, 5.41) is 0. The molecule has 0 unspecified atom stereocenters. The minimum absolute atomic E-state index is 0.0125. The third-order valence-electron chi connectivity index (χ3n) is 9.37. The van der Waals surface area contributed by atoms with E-state index in [2.05, 4.69) is 32.9 Å².